The van der Waals surface area contributed by atoms with Gasteiger partial charge in [0.2, 0.25) is 0 Å². The zero-order valence-electron chi connectivity index (χ0n) is 10.9. The van der Waals surface area contributed by atoms with Crippen LogP contribution in [0.3, 0.4) is 0 Å². The van der Waals surface area contributed by atoms with Gasteiger partial charge in [-0.3, -0.25) is 0 Å². The van der Waals surface area contributed by atoms with Crippen LogP contribution in [0, 0.1) is 0 Å². The molecule has 0 amide bonds. The lowest BCUT2D eigenvalue weighted by Crippen LogP contribution is -2.20. The van der Waals surface area contributed by atoms with Crippen molar-refractivity contribution in [3.8, 4) is 11.5 Å². The van der Waals surface area contributed by atoms with Crippen molar-refractivity contribution in [1.29, 1.82) is 0 Å². The lowest BCUT2D eigenvalue weighted by molar-refractivity contribution is 0.171. The fourth-order valence-corrected chi connectivity index (χ4v) is 2.99. The topological polar surface area (TPSA) is 30.5 Å². The maximum absolute atomic E-state index is 5.64. The minimum absolute atomic E-state index is 0.297. The van der Waals surface area contributed by atoms with E-state index in [1.807, 2.05) is 13.1 Å². The molecule has 3 nitrogen and oxygen atoms in total. The van der Waals surface area contributed by atoms with Crippen molar-refractivity contribution in [2.45, 2.75) is 12.5 Å². The lowest BCUT2D eigenvalue weighted by atomic mass is 10.00. The van der Waals surface area contributed by atoms with Crippen LogP contribution in [0.4, 0.5) is 0 Å². The van der Waals surface area contributed by atoms with Crippen molar-refractivity contribution < 1.29 is 9.47 Å². The molecule has 0 radical (unpaired) electrons. The number of likely N-dealkylation sites (N-methyl/N-ethyl adjacent to an activating group) is 1. The van der Waals surface area contributed by atoms with Crippen LogP contribution in [0.2, 0.25) is 0 Å². The third-order valence-electron chi connectivity index (χ3n) is 3.34. The van der Waals surface area contributed by atoms with Crippen LogP contribution in [0.1, 0.15) is 17.2 Å². The van der Waals surface area contributed by atoms with Crippen molar-refractivity contribution in [2.75, 3.05) is 20.3 Å². The van der Waals surface area contributed by atoms with E-state index in [9.17, 15) is 0 Å². The number of nitrogens with one attached hydrogen (secondary N) is 1. The van der Waals surface area contributed by atoms with E-state index < -0.39 is 0 Å². The van der Waals surface area contributed by atoms with E-state index in [0.29, 0.717) is 19.3 Å². The molecule has 2 heterocycles. The highest BCUT2D eigenvalue weighted by atomic mass is 32.1. The maximum Gasteiger partial charge on any atom is 0.161 e. The summed E-state index contributed by atoms with van der Waals surface area (Å²) in [6.45, 7) is 1.27. The van der Waals surface area contributed by atoms with Gasteiger partial charge in [-0.05, 0) is 53.6 Å². The summed E-state index contributed by atoms with van der Waals surface area (Å²) < 4.78 is 11.2. The molecule has 4 heteroatoms. The number of fused-ring (bicyclic) bond motifs is 1. The van der Waals surface area contributed by atoms with Crippen molar-refractivity contribution in [3.05, 3.63) is 46.2 Å². The van der Waals surface area contributed by atoms with Gasteiger partial charge < -0.3 is 14.8 Å². The Kier molecular flexibility index (Phi) is 3.71. The van der Waals surface area contributed by atoms with Crippen molar-refractivity contribution in [3.63, 3.8) is 0 Å². The van der Waals surface area contributed by atoms with Crippen LogP contribution in [-0.4, -0.2) is 20.3 Å². The Morgan fingerprint density at radius 1 is 1.21 bits per heavy atom. The molecule has 1 aliphatic heterocycles. The molecule has 0 saturated carbocycles. The van der Waals surface area contributed by atoms with Crippen molar-refractivity contribution in [2.24, 2.45) is 0 Å². The Hall–Kier alpha value is -1.52. The molecule has 3 rings (SSSR count). The van der Waals surface area contributed by atoms with Gasteiger partial charge in [0.1, 0.15) is 13.2 Å². The van der Waals surface area contributed by atoms with Crippen LogP contribution in [0.15, 0.2) is 35.0 Å². The summed E-state index contributed by atoms with van der Waals surface area (Å²) in [7, 11) is 1.99. The van der Waals surface area contributed by atoms with Crippen molar-refractivity contribution in [1.82, 2.24) is 5.32 Å². The van der Waals surface area contributed by atoms with E-state index in [2.05, 4.69) is 34.3 Å². The number of rotatable bonds is 4. The van der Waals surface area contributed by atoms with Gasteiger partial charge in [-0.1, -0.05) is 6.07 Å². The van der Waals surface area contributed by atoms with Crippen molar-refractivity contribution >= 4 is 11.3 Å². The highest BCUT2D eigenvalue weighted by Gasteiger charge is 2.16. The van der Waals surface area contributed by atoms with E-state index >= 15 is 0 Å². The van der Waals surface area contributed by atoms with Crippen LogP contribution < -0.4 is 14.8 Å². The summed E-state index contributed by atoms with van der Waals surface area (Å²) in [6.07, 6.45) is 0.986. The number of hydrogen-bond acceptors (Lipinski definition) is 4. The summed E-state index contributed by atoms with van der Waals surface area (Å²) >= 11 is 1.74. The molecule has 1 unspecified atom stereocenters. The minimum atomic E-state index is 0.297. The van der Waals surface area contributed by atoms with E-state index in [1.54, 1.807) is 11.3 Å². The first kappa shape index (κ1) is 12.5. The fourth-order valence-electron chi connectivity index (χ4n) is 2.31. The maximum atomic E-state index is 5.64. The third-order valence-corrected chi connectivity index (χ3v) is 4.07. The average molecular weight is 275 g/mol. The van der Waals surface area contributed by atoms with E-state index in [4.69, 9.17) is 9.47 Å². The molecule has 1 aromatic heterocycles. The molecule has 2 aromatic rings. The van der Waals surface area contributed by atoms with E-state index in [-0.39, 0.29) is 0 Å². The molecule has 100 valence electrons. The van der Waals surface area contributed by atoms with Gasteiger partial charge in [-0.2, -0.15) is 11.3 Å². The van der Waals surface area contributed by atoms with Gasteiger partial charge in [-0.25, -0.2) is 0 Å². The molecule has 0 bridgehead atoms. The molecular formula is C15H17NO2S. The van der Waals surface area contributed by atoms with E-state index in [0.717, 1.165) is 17.9 Å². The lowest BCUT2D eigenvalue weighted by Gasteiger charge is -2.22. The predicted molar refractivity (Wildman–Crippen MR) is 77.3 cm³/mol. The Labute approximate surface area is 117 Å². The summed E-state index contributed by atoms with van der Waals surface area (Å²) in [6, 6.07) is 8.67. The highest BCUT2D eigenvalue weighted by Crippen LogP contribution is 2.33. The van der Waals surface area contributed by atoms with E-state index in [1.165, 1.54) is 11.1 Å². The van der Waals surface area contributed by atoms with Crippen LogP contribution in [0.5, 0.6) is 11.5 Å². The first-order valence-electron chi connectivity index (χ1n) is 6.44. The second kappa shape index (κ2) is 5.63. The summed E-state index contributed by atoms with van der Waals surface area (Å²) in [5.74, 6) is 1.70. The molecule has 0 fully saturated rings. The quantitative estimate of drug-likeness (QED) is 0.930. The van der Waals surface area contributed by atoms with Crippen LogP contribution in [0.25, 0.3) is 0 Å². The highest BCUT2D eigenvalue weighted by molar-refractivity contribution is 7.07. The minimum Gasteiger partial charge on any atom is -0.486 e. The van der Waals surface area contributed by atoms with Gasteiger partial charge in [0, 0.05) is 6.04 Å². The van der Waals surface area contributed by atoms with Crippen LogP contribution in [-0.2, 0) is 6.42 Å². The second-order valence-corrected chi connectivity index (χ2v) is 5.36. The Balaban J connectivity index is 1.82. The van der Waals surface area contributed by atoms with Gasteiger partial charge in [0.15, 0.2) is 11.5 Å². The molecule has 1 N–H and O–H groups in total. The number of benzene rings is 1. The number of thiophene rings is 1. The predicted octanol–water partition coefficient (Wildman–Crippen LogP) is 3.02. The molecule has 1 aromatic carbocycles. The monoisotopic (exact) mass is 275 g/mol. The standard InChI is InChI=1S/C15H17NO2S/c1-16-13(8-11-4-7-19-10-11)12-2-3-14-15(9-12)18-6-5-17-14/h2-4,7,9-10,13,16H,5-6,8H2,1H3. The summed E-state index contributed by atoms with van der Waals surface area (Å²) in [4.78, 5) is 0. The molecule has 1 aliphatic rings. The molecule has 0 saturated heterocycles. The zero-order chi connectivity index (χ0) is 13.1. The molecule has 0 aliphatic carbocycles. The van der Waals surface area contributed by atoms with Gasteiger partial charge >= 0.3 is 0 Å². The first-order valence-corrected chi connectivity index (χ1v) is 7.39. The Morgan fingerprint density at radius 3 is 2.79 bits per heavy atom. The molecule has 1 atom stereocenters. The average Bonchev–Trinajstić information content (AvgIpc) is 2.97. The van der Waals surface area contributed by atoms with Crippen LogP contribution >= 0.6 is 11.3 Å². The molecule has 0 spiro atoms. The Bertz CT molecular complexity index is 539. The smallest absolute Gasteiger partial charge is 0.161 e. The Morgan fingerprint density at radius 2 is 2.05 bits per heavy atom. The van der Waals surface area contributed by atoms with Gasteiger partial charge in [0.05, 0.1) is 0 Å². The SMILES string of the molecule is CNC(Cc1ccsc1)c1ccc2c(c1)OCCO2. The summed E-state index contributed by atoms with van der Waals surface area (Å²) in [5, 5.41) is 7.69. The normalized spacial score (nSPS) is 15.2. The third kappa shape index (κ3) is 2.74. The first-order chi connectivity index (χ1) is 9.36. The summed E-state index contributed by atoms with van der Waals surface area (Å²) in [5.41, 5.74) is 2.59. The van der Waals surface area contributed by atoms with Gasteiger partial charge in [-0.15, -0.1) is 0 Å². The molecular weight excluding hydrogens is 258 g/mol. The zero-order valence-corrected chi connectivity index (χ0v) is 11.7. The molecule has 19 heavy (non-hydrogen) atoms. The fraction of sp³-hybridized carbons (Fsp3) is 0.333. The number of hydrogen-bond donors (Lipinski definition) is 1. The number of ether oxygens (including phenoxy) is 2. The van der Waals surface area contributed by atoms with Gasteiger partial charge in [0.25, 0.3) is 0 Å². The largest absolute Gasteiger partial charge is 0.486 e. The second-order valence-electron chi connectivity index (χ2n) is 4.58.